The molecule has 1 aliphatic heterocycles. The SMILES string of the molecule is CC1(C)CC(Nc2ncnc(Sc3ccc(Cl)cc3)c2[N+](=O)[O-])CC(C)(C)N1. The van der Waals surface area contributed by atoms with Gasteiger partial charge in [-0.1, -0.05) is 23.4 Å². The second kappa shape index (κ2) is 7.85. The van der Waals surface area contributed by atoms with E-state index in [2.05, 4.69) is 48.3 Å². The summed E-state index contributed by atoms with van der Waals surface area (Å²) in [6, 6.07) is 7.17. The van der Waals surface area contributed by atoms with Gasteiger partial charge in [-0.25, -0.2) is 9.97 Å². The maximum atomic E-state index is 11.8. The zero-order chi connectivity index (χ0) is 20.5. The smallest absolute Gasteiger partial charge is 0.343 e. The second-order valence-corrected chi connectivity index (χ2v) is 9.83. The normalized spacial score (nSPS) is 18.6. The predicted octanol–water partition coefficient (Wildman–Crippen LogP) is 4.91. The van der Waals surface area contributed by atoms with Gasteiger partial charge >= 0.3 is 5.69 Å². The average molecular weight is 422 g/mol. The van der Waals surface area contributed by atoms with Gasteiger partial charge in [-0.3, -0.25) is 10.1 Å². The Balaban J connectivity index is 1.89. The lowest BCUT2D eigenvalue weighted by atomic mass is 9.79. The van der Waals surface area contributed by atoms with Gasteiger partial charge in [0.25, 0.3) is 0 Å². The van der Waals surface area contributed by atoms with Gasteiger partial charge in [0, 0.05) is 27.0 Å². The summed E-state index contributed by atoms with van der Waals surface area (Å²) in [7, 11) is 0. The van der Waals surface area contributed by atoms with Crippen molar-refractivity contribution in [2.45, 2.75) is 67.6 Å². The number of nitrogens with one attached hydrogen (secondary N) is 2. The fraction of sp³-hybridized carbons (Fsp3) is 0.474. The maximum Gasteiger partial charge on any atom is 0.343 e. The number of hydrogen-bond acceptors (Lipinski definition) is 7. The van der Waals surface area contributed by atoms with Gasteiger partial charge in [0.1, 0.15) is 6.33 Å². The Morgan fingerprint density at radius 2 is 1.79 bits per heavy atom. The van der Waals surface area contributed by atoms with Crippen molar-refractivity contribution in [3.63, 3.8) is 0 Å². The molecule has 28 heavy (non-hydrogen) atoms. The molecule has 1 aliphatic rings. The molecule has 2 heterocycles. The van der Waals surface area contributed by atoms with Gasteiger partial charge in [0.05, 0.1) is 4.92 Å². The highest BCUT2D eigenvalue weighted by Crippen LogP contribution is 2.38. The van der Waals surface area contributed by atoms with E-state index in [4.69, 9.17) is 11.6 Å². The van der Waals surface area contributed by atoms with Gasteiger partial charge in [0.15, 0.2) is 5.03 Å². The van der Waals surface area contributed by atoms with Gasteiger partial charge < -0.3 is 10.6 Å². The summed E-state index contributed by atoms with van der Waals surface area (Å²) in [6.07, 6.45) is 3.03. The lowest BCUT2D eigenvalue weighted by Gasteiger charge is -2.46. The predicted molar refractivity (Wildman–Crippen MR) is 112 cm³/mol. The van der Waals surface area contributed by atoms with Crippen LogP contribution in [0.2, 0.25) is 5.02 Å². The average Bonchev–Trinajstić information content (AvgIpc) is 2.54. The number of aromatic nitrogens is 2. The highest BCUT2D eigenvalue weighted by Gasteiger charge is 2.38. The summed E-state index contributed by atoms with van der Waals surface area (Å²) >= 11 is 7.14. The third kappa shape index (κ3) is 5.12. The number of benzene rings is 1. The van der Waals surface area contributed by atoms with Crippen molar-refractivity contribution < 1.29 is 4.92 Å². The van der Waals surface area contributed by atoms with Crippen LogP contribution in [-0.4, -0.2) is 32.0 Å². The first kappa shape index (κ1) is 20.8. The molecule has 0 amide bonds. The third-order valence-electron chi connectivity index (χ3n) is 4.53. The first-order valence-corrected chi connectivity index (χ1v) is 10.2. The number of anilines is 1. The van der Waals surface area contributed by atoms with Crippen molar-refractivity contribution in [2.24, 2.45) is 0 Å². The van der Waals surface area contributed by atoms with Gasteiger partial charge in [-0.2, -0.15) is 0 Å². The van der Waals surface area contributed by atoms with E-state index in [1.165, 1.54) is 18.1 Å². The van der Waals surface area contributed by atoms with Gasteiger partial charge in [-0.15, -0.1) is 0 Å². The summed E-state index contributed by atoms with van der Waals surface area (Å²) < 4.78 is 0. The lowest BCUT2D eigenvalue weighted by molar-refractivity contribution is -0.387. The van der Waals surface area contributed by atoms with Crippen LogP contribution in [0.3, 0.4) is 0 Å². The molecule has 1 fully saturated rings. The van der Waals surface area contributed by atoms with E-state index in [1.54, 1.807) is 12.1 Å². The summed E-state index contributed by atoms with van der Waals surface area (Å²) in [5.74, 6) is 0.259. The van der Waals surface area contributed by atoms with E-state index in [0.29, 0.717) is 10.0 Å². The zero-order valence-electron chi connectivity index (χ0n) is 16.3. The molecular formula is C19H24ClN5O2S. The van der Waals surface area contributed by atoms with E-state index in [9.17, 15) is 10.1 Å². The van der Waals surface area contributed by atoms with Crippen molar-refractivity contribution in [3.05, 3.63) is 45.7 Å². The molecule has 3 rings (SSSR count). The molecule has 0 spiro atoms. The Morgan fingerprint density at radius 1 is 1.18 bits per heavy atom. The molecule has 0 aliphatic carbocycles. The quantitative estimate of drug-likeness (QED) is 0.402. The second-order valence-electron chi connectivity index (χ2n) is 8.33. The number of rotatable bonds is 5. The van der Waals surface area contributed by atoms with Gasteiger partial charge in [-0.05, 0) is 64.8 Å². The maximum absolute atomic E-state index is 11.8. The largest absolute Gasteiger partial charge is 0.361 e. The van der Waals surface area contributed by atoms with Crippen LogP contribution in [0, 0.1) is 10.1 Å². The molecule has 2 N–H and O–H groups in total. The molecule has 0 radical (unpaired) electrons. The standard InChI is InChI=1S/C19H24ClN5O2S/c1-18(2)9-13(10-19(3,4)24-18)23-16-15(25(26)27)17(22-11-21-16)28-14-7-5-12(20)6-8-14/h5-8,11,13,24H,9-10H2,1-4H3,(H,21,22,23). The van der Waals surface area contributed by atoms with Crippen LogP contribution in [0.15, 0.2) is 40.5 Å². The molecule has 1 saturated heterocycles. The summed E-state index contributed by atoms with van der Waals surface area (Å²) in [4.78, 5) is 20.6. The Kier molecular flexibility index (Phi) is 5.84. The van der Waals surface area contributed by atoms with E-state index < -0.39 is 4.92 Å². The molecule has 0 bridgehead atoms. The van der Waals surface area contributed by atoms with Crippen molar-refractivity contribution in [1.82, 2.24) is 15.3 Å². The van der Waals surface area contributed by atoms with E-state index >= 15 is 0 Å². The molecule has 0 saturated carbocycles. The first-order chi connectivity index (χ1) is 13.0. The van der Waals surface area contributed by atoms with Crippen LogP contribution in [0.4, 0.5) is 11.5 Å². The Bertz CT molecular complexity index is 857. The zero-order valence-corrected chi connectivity index (χ0v) is 17.9. The molecule has 7 nitrogen and oxygen atoms in total. The Labute approximate surface area is 173 Å². The van der Waals surface area contributed by atoms with E-state index in [-0.39, 0.29) is 28.6 Å². The first-order valence-electron chi connectivity index (χ1n) is 9.03. The van der Waals surface area contributed by atoms with Gasteiger partial charge in [0.2, 0.25) is 5.82 Å². The van der Waals surface area contributed by atoms with Crippen molar-refractivity contribution in [2.75, 3.05) is 5.32 Å². The Hall–Kier alpha value is -1.90. The molecule has 9 heteroatoms. The van der Waals surface area contributed by atoms with Crippen molar-refractivity contribution >= 4 is 34.9 Å². The summed E-state index contributed by atoms with van der Waals surface area (Å²) in [6.45, 7) is 8.55. The number of hydrogen-bond donors (Lipinski definition) is 2. The third-order valence-corrected chi connectivity index (χ3v) is 5.78. The molecule has 0 unspecified atom stereocenters. The fourth-order valence-corrected chi connectivity index (χ4v) is 4.93. The molecule has 1 aromatic heterocycles. The fourth-order valence-electron chi connectivity index (χ4n) is 3.94. The van der Waals surface area contributed by atoms with Crippen molar-refractivity contribution in [1.29, 1.82) is 0 Å². The molecule has 2 aromatic rings. The summed E-state index contributed by atoms with van der Waals surface area (Å²) in [5, 5.41) is 19.7. The molecule has 1 aromatic carbocycles. The molecule has 150 valence electrons. The number of piperidine rings is 1. The highest BCUT2D eigenvalue weighted by molar-refractivity contribution is 7.99. The summed E-state index contributed by atoms with van der Waals surface area (Å²) in [5.41, 5.74) is -0.263. The molecule has 0 atom stereocenters. The minimum Gasteiger partial charge on any atom is -0.361 e. The topological polar surface area (TPSA) is 93.0 Å². The van der Waals surface area contributed by atoms with Crippen LogP contribution in [0.5, 0.6) is 0 Å². The Morgan fingerprint density at radius 3 is 2.36 bits per heavy atom. The van der Waals surface area contributed by atoms with Crippen LogP contribution in [-0.2, 0) is 0 Å². The number of nitrogens with zero attached hydrogens (tertiary/aromatic N) is 3. The van der Waals surface area contributed by atoms with Crippen LogP contribution in [0.25, 0.3) is 0 Å². The van der Waals surface area contributed by atoms with Crippen LogP contribution < -0.4 is 10.6 Å². The minimum absolute atomic E-state index is 0.0632. The number of nitro groups is 1. The van der Waals surface area contributed by atoms with Crippen molar-refractivity contribution in [3.8, 4) is 0 Å². The highest BCUT2D eigenvalue weighted by atomic mass is 35.5. The van der Waals surface area contributed by atoms with E-state index in [1.807, 2.05) is 12.1 Å². The lowest BCUT2D eigenvalue weighted by Crippen LogP contribution is -2.60. The minimum atomic E-state index is -0.419. The van der Waals surface area contributed by atoms with Crippen LogP contribution >= 0.6 is 23.4 Å². The van der Waals surface area contributed by atoms with Crippen LogP contribution in [0.1, 0.15) is 40.5 Å². The van der Waals surface area contributed by atoms with E-state index in [0.717, 1.165) is 17.7 Å². The monoisotopic (exact) mass is 421 g/mol. The number of halogens is 1. The molecular weight excluding hydrogens is 398 g/mol.